The average Bonchev–Trinajstić information content (AvgIpc) is 3.24. The maximum Gasteiger partial charge on any atom is 0.305 e. The minimum atomic E-state index is -1.02. The first kappa shape index (κ1) is 55.4. The molecule has 0 aliphatic heterocycles. The number of nitrogens with one attached hydrogen (secondary N) is 3. The van der Waals surface area contributed by atoms with Crippen LogP contribution < -0.4 is 26.6 Å². The van der Waals surface area contributed by atoms with E-state index in [0.29, 0.717) is 30.9 Å². The minimum absolute atomic E-state index is 0.0566. The molecule has 0 aromatic heterocycles. The van der Waals surface area contributed by atoms with Crippen molar-refractivity contribution >= 4 is 25.9 Å². The van der Waals surface area contributed by atoms with E-state index in [2.05, 4.69) is 41.4 Å². The van der Waals surface area contributed by atoms with Gasteiger partial charge in [-0.2, -0.15) is 0 Å². The fraction of sp³-hybridized carbons (Fsp3) is 0.896. The summed E-state index contributed by atoms with van der Waals surface area (Å²) < 4.78 is 18.0. The molecule has 0 radical (unpaired) electrons. The molecule has 1 rings (SSSR count). The Hall–Kier alpha value is -1.58. The zero-order valence-corrected chi connectivity index (χ0v) is 39.8. The van der Waals surface area contributed by atoms with Gasteiger partial charge in [-0.1, -0.05) is 162 Å². The number of rotatable bonds is 47. The Morgan fingerprint density at radius 1 is 0.492 bits per heavy atom. The summed E-state index contributed by atoms with van der Waals surface area (Å²) in [6.45, 7) is 13.5. The smallest absolute Gasteiger partial charge is 0.305 e. The van der Waals surface area contributed by atoms with Crippen LogP contribution in [0.5, 0.6) is 0 Å². The van der Waals surface area contributed by atoms with Gasteiger partial charge in [0.2, 0.25) is 0 Å². The lowest BCUT2D eigenvalue weighted by molar-refractivity contribution is -0.143. The summed E-state index contributed by atoms with van der Waals surface area (Å²) in [6.07, 6.45) is 36.8. The number of hydrogen-bond acceptors (Lipinski definition) is 10. The Morgan fingerprint density at radius 3 is 1.44 bits per heavy atom. The van der Waals surface area contributed by atoms with E-state index in [-0.39, 0.29) is 5.97 Å². The van der Waals surface area contributed by atoms with Gasteiger partial charge >= 0.3 is 5.97 Å². The van der Waals surface area contributed by atoms with Gasteiger partial charge in [-0.3, -0.25) is 19.5 Å². The maximum absolute atomic E-state index is 12.3. The van der Waals surface area contributed by atoms with Crippen LogP contribution in [0.25, 0.3) is 0 Å². The van der Waals surface area contributed by atoms with Gasteiger partial charge in [0.25, 0.3) is 19.4 Å². The fourth-order valence-corrected chi connectivity index (χ4v) is 8.64. The highest BCUT2D eigenvalue weighted by Crippen LogP contribution is 2.34. The first-order chi connectivity index (χ1) is 29.0. The number of hydrogen-bond donors (Lipinski definition) is 3. The lowest BCUT2D eigenvalue weighted by Crippen LogP contribution is -2.37. The molecule has 0 saturated heterocycles. The molecule has 0 heterocycles. The second-order valence-corrected chi connectivity index (χ2v) is 18.1. The Bertz CT molecular complexity index is 1130. The van der Waals surface area contributed by atoms with Gasteiger partial charge in [0.15, 0.2) is 0 Å². The third-order valence-electron chi connectivity index (χ3n) is 11.3. The van der Waals surface area contributed by atoms with Crippen molar-refractivity contribution in [2.75, 3.05) is 70.2 Å². The second kappa shape index (κ2) is 41.8. The van der Waals surface area contributed by atoms with Gasteiger partial charge in [-0.25, -0.2) is 0 Å². The van der Waals surface area contributed by atoms with E-state index in [9.17, 15) is 14.4 Å². The van der Waals surface area contributed by atoms with Crippen molar-refractivity contribution in [2.45, 2.75) is 220 Å². The number of carbonyl (C=O) groups is 1. The Balaban J connectivity index is 2.35. The van der Waals surface area contributed by atoms with Crippen molar-refractivity contribution in [1.29, 1.82) is 0 Å². The van der Waals surface area contributed by atoms with E-state index in [1.807, 2.05) is 0 Å². The van der Waals surface area contributed by atoms with Crippen LogP contribution in [-0.4, -0.2) is 70.5 Å². The highest BCUT2D eigenvalue weighted by molar-refractivity contribution is 7.44. The summed E-state index contributed by atoms with van der Waals surface area (Å²) in [5, 5.41) is 9.61. The molecule has 0 amide bonds. The van der Waals surface area contributed by atoms with Crippen LogP contribution in [0.4, 0.5) is 11.4 Å². The number of carbonyl (C=O) groups excluding carboxylic acids is 1. The van der Waals surface area contributed by atoms with E-state index >= 15 is 0 Å². The monoisotopic (exact) mass is 853 g/mol. The van der Waals surface area contributed by atoms with Gasteiger partial charge < -0.3 is 29.3 Å². The Labute approximate surface area is 363 Å². The molecule has 0 spiro atoms. The molecule has 0 saturated carbocycles. The lowest BCUT2D eigenvalue weighted by atomic mass is 10.1. The van der Waals surface area contributed by atoms with Crippen LogP contribution in [0, 0.1) is 0 Å². The lowest BCUT2D eigenvalue weighted by Gasteiger charge is -2.23. The normalized spacial score (nSPS) is 12.2. The van der Waals surface area contributed by atoms with E-state index in [1.54, 1.807) is 7.05 Å². The number of esters is 1. The van der Waals surface area contributed by atoms with Gasteiger partial charge in [0.05, 0.1) is 19.8 Å². The molecular formula is C48H93N4O6P. The molecule has 0 aliphatic rings. The molecule has 346 valence electrons. The standard InChI is InChI=1S/C48H93N4O6P/c1-5-8-11-14-17-18-19-23-31-41-56-44(53)35-27-26-30-39-52(40-34-36-50-46-45(49-4)47(54)48(46)55)38-29-22-20-25-33-43-58-59(51-37-28-21-15-12-9-6-2)57-42-32-24-16-13-10-7-3/h49-51H,5-43H2,1-4H3. The van der Waals surface area contributed by atoms with Gasteiger partial charge in [-0.05, 0) is 71.0 Å². The Morgan fingerprint density at radius 2 is 0.915 bits per heavy atom. The highest BCUT2D eigenvalue weighted by Gasteiger charge is 2.19. The summed E-state index contributed by atoms with van der Waals surface area (Å²) in [5.41, 5.74) is -0.0488. The zero-order valence-electron chi connectivity index (χ0n) is 38.9. The molecule has 59 heavy (non-hydrogen) atoms. The minimum Gasteiger partial charge on any atom is -0.466 e. The average molecular weight is 853 g/mol. The molecule has 10 nitrogen and oxygen atoms in total. The molecule has 3 N–H and O–H groups in total. The van der Waals surface area contributed by atoms with Crippen LogP contribution in [-0.2, 0) is 18.6 Å². The van der Waals surface area contributed by atoms with Crippen molar-refractivity contribution in [3.63, 3.8) is 0 Å². The molecule has 0 fully saturated rings. The number of unbranched alkanes of at least 4 members (excludes halogenated alkanes) is 24. The van der Waals surface area contributed by atoms with Crippen molar-refractivity contribution < 1.29 is 18.6 Å². The predicted molar refractivity (Wildman–Crippen MR) is 254 cm³/mol. The third kappa shape index (κ3) is 31.9. The summed E-state index contributed by atoms with van der Waals surface area (Å²) in [4.78, 5) is 38.5. The topological polar surface area (TPSA) is 118 Å². The quantitative estimate of drug-likeness (QED) is 0.0253. The fourth-order valence-electron chi connectivity index (χ4n) is 7.45. The first-order valence-electron chi connectivity index (χ1n) is 24.9. The number of ether oxygens (including phenoxy) is 1. The summed E-state index contributed by atoms with van der Waals surface area (Å²) in [5.74, 6) is -0.0566. The van der Waals surface area contributed by atoms with Gasteiger partial charge in [-0.15, -0.1) is 0 Å². The largest absolute Gasteiger partial charge is 0.466 e. The van der Waals surface area contributed by atoms with Crippen LogP contribution in [0.1, 0.15) is 220 Å². The molecule has 1 unspecified atom stereocenters. The van der Waals surface area contributed by atoms with E-state index in [0.717, 1.165) is 104 Å². The van der Waals surface area contributed by atoms with Crippen LogP contribution in [0.3, 0.4) is 0 Å². The van der Waals surface area contributed by atoms with Crippen LogP contribution in [0.15, 0.2) is 9.59 Å². The van der Waals surface area contributed by atoms with Crippen molar-refractivity contribution in [3.05, 3.63) is 20.4 Å². The summed E-state index contributed by atoms with van der Waals surface area (Å²) in [7, 11) is 0.654. The molecule has 0 aliphatic carbocycles. The van der Waals surface area contributed by atoms with Crippen LogP contribution >= 0.6 is 8.53 Å². The number of nitrogens with zero attached hydrogens (tertiary/aromatic N) is 1. The molecule has 1 aromatic rings. The zero-order chi connectivity index (χ0) is 42.9. The molecular weight excluding hydrogens is 760 g/mol. The third-order valence-corrected chi connectivity index (χ3v) is 12.6. The van der Waals surface area contributed by atoms with Crippen molar-refractivity contribution in [1.82, 2.24) is 9.99 Å². The summed E-state index contributed by atoms with van der Waals surface area (Å²) >= 11 is 0. The number of anilines is 2. The van der Waals surface area contributed by atoms with Crippen LogP contribution in [0.2, 0.25) is 0 Å². The molecule has 1 aromatic carbocycles. The molecule has 11 heteroatoms. The summed E-state index contributed by atoms with van der Waals surface area (Å²) in [6, 6.07) is 0. The first-order valence-corrected chi connectivity index (χ1v) is 26.1. The Kier molecular flexibility index (Phi) is 39.2. The van der Waals surface area contributed by atoms with E-state index in [4.69, 9.17) is 13.8 Å². The highest BCUT2D eigenvalue weighted by atomic mass is 31.2. The van der Waals surface area contributed by atoms with Crippen molar-refractivity contribution in [2.24, 2.45) is 0 Å². The molecule has 1 atom stereocenters. The predicted octanol–water partition coefficient (Wildman–Crippen LogP) is 12.6. The van der Waals surface area contributed by atoms with E-state index < -0.39 is 19.4 Å². The molecule has 0 bridgehead atoms. The second-order valence-electron chi connectivity index (χ2n) is 16.8. The van der Waals surface area contributed by atoms with E-state index in [1.165, 1.54) is 128 Å². The maximum atomic E-state index is 12.3. The van der Waals surface area contributed by atoms with Gasteiger partial charge in [0.1, 0.15) is 11.4 Å². The SMILES string of the molecule is CCCCCCCCCCCOC(=O)CCCCCN(CCCCCCCOP(NCCCCCCCC)OCCCCCCCC)CCCNc1c(NC)c(=O)c1=O. The van der Waals surface area contributed by atoms with Crippen molar-refractivity contribution in [3.8, 4) is 0 Å². The van der Waals surface area contributed by atoms with Gasteiger partial charge in [0, 0.05) is 26.6 Å².